The highest BCUT2D eigenvalue weighted by molar-refractivity contribution is 7.07. The Morgan fingerprint density at radius 1 is 1.18 bits per heavy atom. The zero-order valence-corrected chi connectivity index (χ0v) is 20.5. The molecule has 0 amide bonds. The van der Waals surface area contributed by atoms with E-state index in [-0.39, 0.29) is 12.2 Å². The molecule has 2 heterocycles. The van der Waals surface area contributed by atoms with Gasteiger partial charge in [0.05, 0.1) is 28.5 Å². The minimum atomic E-state index is -0.636. The fourth-order valence-electron chi connectivity index (χ4n) is 3.88. The van der Waals surface area contributed by atoms with Crippen LogP contribution in [0, 0.1) is 0 Å². The van der Waals surface area contributed by atoms with Gasteiger partial charge in [-0.3, -0.25) is 9.36 Å². The lowest BCUT2D eigenvalue weighted by Crippen LogP contribution is -2.39. The molecule has 0 aliphatic carbocycles. The van der Waals surface area contributed by atoms with Gasteiger partial charge in [-0.2, -0.15) is 0 Å². The Kier molecular flexibility index (Phi) is 6.68. The van der Waals surface area contributed by atoms with Crippen LogP contribution in [0.3, 0.4) is 0 Å². The van der Waals surface area contributed by atoms with Crippen LogP contribution < -0.4 is 14.9 Å². The summed E-state index contributed by atoms with van der Waals surface area (Å²) in [5.41, 5.74) is 3.66. The summed E-state index contributed by atoms with van der Waals surface area (Å²) in [6.45, 7) is 8.06. The molecule has 0 radical (unpaired) electrons. The maximum absolute atomic E-state index is 13.6. The number of benzene rings is 2. The van der Waals surface area contributed by atoms with E-state index in [0.29, 0.717) is 31.5 Å². The number of rotatable bonds is 5. The molecule has 7 heteroatoms. The third kappa shape index (κ3) is 4.59. The second-order valence-corrected chi connectivity index (χ2v) is 9.62. The van der Waals surface area contributed by atoms with E-state index >= 15 is 0 Å². The van der Waals surface area contributed by atoms with Crippen molar-refractivity contribution in [3.8, 4) is 0 Å². The van der Waals surface area contributed by atoms with Gasteiger partial charge in [-0.15, -0.1) is 0 Å². The van der Waals surface area contributed by atoms with Crippen molar-refractivity contribution in [2.75, 3.05) is 6.61 Å². The van der Waals surface area contributed by atoms with E-state index in [4.69, 9.17) is 16.3 Å². The summed E-state index contributed by atoms with van der Waals surface area (Å²) in [7, 11) is 0. The van der Waals surface area contributed by atoms with Crippen molar-refractivity contribution < 1.29 is 9.53 Å². The molecular formula is C26H25ClN2O3S. The normalized spacial score (nSPS) is 16.1. The van der Waals surface area contributed by atoms with Crippen molar-refractivity contribution in [3.05, 3.63) is 101 Å². The third-order valence-electron chi connectivity index (χ3n) is 5.60. The minimum Gasteiger partial charge on any atom is -0.463 e. The average Bonchev–Trinajstić information content (AvgIpc) is 3.08. The van der Waals surface area contributed by atoms with E-state index in [1.54, 1.807) is 30.5 Å². The van der Waals surface area contributed by atoms with Crippen LogP contribution in [-0.2, 0) is 9.53 Å². The lowest BCUT2D eigenvalue weighted by Gasteiger charge is -2.24. The van der Waals surface area contributed by atoms with E-state index in [2.05, 4.69) is 31.0 Å². The van der Waals surface area contributed by atoms with Crippen molar-refractivity contribution in [2.45, 2.75) is 39.7 Å². The van der Waals surface area contributed by atoms with E-state index in [0.717, 1.165) is 11.1 Å². The molecule has 0 N–H and O–H groups in total. The van der Waals surface area contributed by atoms with Crippen LogP contribution in [0.5, 0.6) is 0 Å². The van der Waals surface area contributed by atoms with E-state index < -0.39 is 12.0 Å². The minimum absolute atomic E-state index is 0.194. The molecule has 0 spiro atoms. The SMILES string of the molecule is CCOC(=O)C1=C(C)N=c2s/c(=C\c3ccc(C(C)C)cc3)c(=O)n2C1c1ccc(Cl)cc1. The van der Waals surface area contributed by atoms with Gasteiger partial charge in [-0.1, -0.05) is 73.2 Å². The highest BCUT2D eigenvalue weighted by atomic mass is 35.5. The summed E-state index contributed by atoms with van der Waals surface area (Å²) in [4.78, 5) is 31.6. The number of allylic oxidation sites excluding steroid dienone is 1. The number of aromatic nitrogens is 1. The number of esters is 1. The van der Waals surface area contributed by atoms with Crippen LogP contribution in [0.4, 0.5) is 0 Å². The first-order chi connectivity index (χ1) is 15.8. The topological polar surface area (TPSA) is 60.7 Å². The maximum atomic E-state index is 13.6. The van der Waals surface area contributed by atoms with Gasteiger partial charge in [0.1, 0.15) is 0 Å². The van der Waals surface area contributed by atoms with Crippen molar-refractivity contribution >= 4 is 35.0 Å². The number of carbonyl (C=O) groups is 1. The molecule has 2 aromatic carbocycles. The molecule has 1 aliphatic rings. The Morgan fingerprint density at radius 3 is 2.45 bits per heavy atom. The predicted octanol–water partition coefficient (Wildman–Crippen LogP) is 4.58. The highest BCUT2D eigenvalue weighted by Crippen LogP contribution is 2.31. The van der Waals surface area contributed by atoms with E-state index in [9.17, 15) is 9.59 Å². The van der Waals surface area contributed by atoms with Gasteiger partial charge < -0.3 is 4.74 Å². The van der Waals surface area contributed by atoms with Crippen LogP contribution in [0.25, 0.3) is 6.08 Å². The molecule has 0 fully saturated rings. The second kappa shape index (κ2) is 9.49. The Balaban J connectivity index is 1.90. The van der Waals surface area contributed by atoms with Crippen LogP contribution in [-0.4, -0.2) is 17.1 Å². The molecule has 0 saturated carbocycles. The number of fused-ring (bicyclic) bond motifs is 1. The van der Waals surface area contributed by atoms with Gasteiger partial charge in [0.2, 0.25) is 0 Å². The van der Waals surface area contributed by atoms with Crippen molar-refractivity contribution in [1.82, 2.24) is 4.57 Å². The summed E-state index contributed by atoms with van der Waals surface area (Å²) >= 11 is 7.41. The first-order valence-corrected chi connectivity index (χ1v) is 12.0. The summed E-state index contributed by atoms with van der Waals surface area (Å²) < 4.78 is 7.46. The smallest absolute Gasteiger partial charge is 0.338 e. The lowest BCUT2D eigenvalue weighted by molar-refractivity contribution is -0.139. The molecule has 1 aliphatic heterocycles. The van der Waals surface area contributed by atoms with Gasteiger partial charge in [0, 0.05) is 5.02 Å². The first kappa shape index (κ1) is 23.2. The summed E-state index contributed by atoms with van der Waals surface area (Å²) in [6, 6.07) is 14.7. The number of nitrogens with zero attached hydrogens (tertiary/aromatic N) is 2. The number of carbonyl (C=O) groups excluding carboxylic acids is 1. The van der Waals surface area contributed by atoms with Gasteiger partial charge in [0.25, 0.3) is 5.56 Å². The van der Waals surface area contributed by atoms with Crippen molar-refractivity contribution in [1.29, 1.82) is 0 Å². The maximum Gasteiger partial charge on any atom is 0.338 e. The molecule has 1 atom stereocenters. The number of ether oxygens (including phenoxy) is 1. The van der Waals surface area contributed by atoms with Crippen LogP contribution in [0.1, 0.15) is 56.3 Å². The third-order valence-corrected chi connectivity index (χ3v) is 6.84. The molecule has 170 valence electrons. The number of halogens is 1. The Hall–Kier alpha value is -2.96. The second-order valence-electron chi connectivity index (χ2n) is 8.18. The molecule has 1 aromatic heterocycles. The molecule has 4 rings (SSSR count). The van der Waals surface area contributed by atoms with Crippen molar-refractivity contribution in [2.24, 2.45) is 4.99 Å². The van der Waals surface area contributed by atoms with Crippen LogP contribution in [0.15, 0.2) is 69.6 Å². The van der Waals surface area contributed by atoms with Crippen molar-refractivity contribution in [3.63, 3.8) is 0 Å². The molecule has 33 heavy (non-hydrogen) atoms. The monoisotopic (exact) mass is 480 g/mol. The summed E-state index contributed by atoms with van der Waals surface area (Å²) in [6.07, 6.45) is 1.87. The predicted molar refractivity (Wildman–Crippen MR) is 132 cm³/mol. The highest BCUT2D eigenvalue weighted by Gasteiger charge is 2.33. The quantitative estimate of drug-likeness (QED) is 0.502. The van der Waals surface area contributed by atoms with Crippen LogP contribution in [0.2, 0.25) is 5.02 Å². The van der Waals surface area contributed by atoms with Crippen LogP contribution >= 0.6 is 22.9 Å². The van der Waals surface area contributed by atoms with Gasteiger partial charge in [-0.25, -0.2) is 9.79 Å². The zero-order valence-electron chi connectivity index (χ0n) is 19.0. The number of thiazole rings is 1. The molecule has 0 saturated heterocycles. The van der Waals surface area contributed by atoms with Gasteiger partial charge >= 0.3 is 5.97 Å². The Bertz CT molecular complexity index is 1400. The standard InChI is InChI=1S/C26H25ClN2O3S/c1-5-32-25(31)22-16(4)28-26-29(23(22)19-10-12-20(27)13-11-19)24(30)21(33-26)14-17-6-8-18(9-7-17)15(2)3/h6-15,23H,5H2,1-4H3/b21-14-. The molecular weight excluding hydrogens is 456 g/mol. The van der Waals surface area contributed by atoms with E-state index in [1.807, 2.05) is 30.3 Å². The number of hydrogen-bond acceptors (Lipinski definition) is 5. The Labute approximate surface area is 201 Å². The molecule has 5 nitrogen and oxygen atoms in total. The number of hydrogen-bond donors (Lipinski definition) is 0. The van der Waals surface area contributed by atoms with E-state index in [1.165, 1.54) is 16.9 Å². The lowest BCUT2D eigenvalue weighted by atomic mass is 9.96. The first-order valence-electron chi connectivity index (χ1n) is 10.8. The summed E-state index contributed by atoms with van der Waals surface area (Å²) in [5, 5.41) is 0.578. The Morgan fingerprint density at radius 2 is 1.85 bits per heavy atom. The van der Waals surface area contributed by atoms with Gasteiger partial charge in [-0.05, 0) is 54.7 Å². The average molecular weight is 481 g/mol. The molecule has 3 aromatic rings. The largest absolute Gasteiger partial charge is 0.463 e. The fraction of sp³-hybridized carbons (Fsp3) is 0.269. The zero-order chi connectivity index (χ0) is 23.7. The summed E-state index contributed by atoms with van der Waals surface area (Å²) in [5.74, 6) is -0.0368. The molecule has 1 unspecified atom stereocenters. The molecule has 0 bridgehead atoms. The van der Waals surface area contributed by atoms with Gasteiger partial charge in [0.15, 0.2) is 4.80 Å². The fourth-order valence-corrected chi connectivity index (χ4v) is 5.05.